The Morgan fingerprint density at radius 3 is 2.50 bits per heavy atom. The molecule has 0 spiro atoms. The summed E-state index contributed by atoms with van der Waals surface area (Å²) >= 11 is 0. The summed E-state index contributed by atoms with van der Waals surface area (Å²) < 4.78 is 0. The number of nitrogens with zero attached hydrogens (tertiary/aromatic N) is 1. The molecule has 0 aliphatic heterocycles. The van der Waals surface area contributed by atoms with Gasteiger partial charge in [-0.3, -0.25) is 4.99 Å². The molecule has 0 aromatic heterocycles. The summed E-state index contributed by atoms with van der Waals surface area (Å²) in [4.78, 5) is 3.34. The van der Waals surface area contributed by atoms with E-state index in [9.17, 15) is 0 Å². The number of hydrogen-bond acceptors (Lipinski definition) is 1. The number of hydrogen-bond donors (Lipinski definition) is 0. The molecule has 0 aromatic carbocycles. The summed E-state index contributed by atoms with van der Waals surface area (Å²) in [6.07, 6.45) is 1.40. The molecule has 0 amide bonds. The average molecular weight is 79.1 g/mol. The topological polar surface area (TPSA) is 12.4 Å². The van der Waals surface area contributed by atoms with Crippen LogP contribution in [-0.2, 0) is 0 Å². The van der Waals surface area contributed by atoms with Gasteiger partial charge in [-0.05, 0) is 13.3 Å². The molecule has 0 aliphatic carbocycles. The molecule has 0 bridgehead atoms. The zero-order chi connectivity index (χ0) is 4.83. The van der Waals surface area contributed by atoms with Gasteiger partial charge >= 0.3 is 0 Å². The van der Waals surface area contributed by atoms with Crippen LogP contribution < -0.4 is 0 Å². The van der Waals surface area contributed by atoms with Gasteiger partial charge in [0.15, 0.2) is 0 Å². The lowest BCUT2D eigenvalue weighted by Crippen LogP contribution is -1.31. The zero-order valence-electron chi connectivity index (χ0n) is 3.44. The third kappa shape index (κ3) is 2.97. The standard InChI is InChI=1S/C5H5N/c1-3-4-5-6-2/h5H,1-2H2. The van der Waals surface area contributed by atoms with Crippen LogP contribution in [0.2, 0.25) is 0 Å². The van der Waals surface area contributed by atoms with Gasteiger partial charge in [-0.2, -0.15) is 0 Å². The fourth-order valence-electron chi connectivity index (χ4n) is 0.0913. The molecular weight excluding hydrogens is 74.1 g/mol. The van der Waals surface area contributed by atoms with Gasteiger partial charge in [0, 0.05) is 0 Å². The van der Waals surface area contributed by atoms with Gasteiger partial charge in [-0.25, -0.2) is 0 Å². The Morgan fingerprint density at radius 1 is 1.67 bits per heavy atom. The van der Waals surface area contributed by atoms with Crippen LogP contribution in [0.5, 0.6) is 0 Å². The molecule has 0 rings (SSSR count). The first kappa shape index (κ1) is 4.97. The highest BCUT2D eigenvalue weighted by Gasteiger charge is 1.38. The molecule has 0 aliphatic rings. The van der Waals surface area contributed by atoms with E-state index in [0.29, 0.717) is 0 Å². The molecule has 0 radical (unpaired) electrons. The molecule has 30 valence electrons. The van der Waals surface area contributed by atoms with Crippen LogP contribution in [0.15, 0.2) is 29.2 Å². The zero-order valence-corrected chi connectivity index (χ0v) is 3.44. The summed E-state index contributed by atoms with van der Waals surface area (Å²) in [6, 6.07) is 0. The van der Waals surface area contributed by atoms with Crippen LogP contribution in [0.25, 0.3) is 0 Å². The van der Waals surface area contributed by atoms with Crippen molar-refractivity contribution in [1.29, 1.82) is 0 Å². The van der Waals surface area contributed by atoms with E-state index in [-0.39, 0.29) is 0 Å². The van der Waals surface area contributed by atoms with Crippen LogP contribution in [0, 0.1) is 0 Å². The summed E-state index contributed by atoms with van der Waals surface area (Å²) in [5.41, 5.74) is 4.86. The fraction of sp³-hybridized carbons (Fsp3) is 0. The van der Waals surface area contributed by atoms with Crippen molar-refractivity contribution < 1.29 is 0 Å². The molecule has 0 saturated heterocycles. The normalized spacial score (nSPS) is 4.67. The van der Waals surface area contributed by atoms with Crippen LogP contribution >= 0.6 is 0 Å². The van der Waals surface area contributed by atoms with Gasteiger partial charge in [0.1, 0.15) is 0 Å². The van der Waals surface area contributed by atoms with E-state index >= 15 is 0 Å². The Kier molecular flexibility index (Phi) is 3.29. The third-order valence-electron chi connectivity index (χ3n) is 0.258. The minimum atomic E-state index is 1.40. The SMILES string of the molecule is C=C=C=CN=C. The van der Waals surface area contributed by atoms with Crippen LogP contribution in [-0.4, -0.2) is 6.72 Å². The lowest BCUT2D eigenvalue weighted by Gasteiger charge is -1.51. The summed E-state index contributed by atoms with van der Waals surface area (Å²) in [5, 5.41) is 0. The van der Waals surface area contributed by atoms with Crippen LogP contribution in [0.4, 0.5) is 0 Å². The lowest BCUT2D eigenvalue weighted by atomic mass is 10.8. The Bertz CT molecular complexity index is 112. The number of rotatable bonds is 1. The summed E-state index contributed by atoms with van der Waals surface area (Å²) in [6.45, 7) is 6.41. The van der Waals surface area contributed by atoms with Crippen molar-refractivity contribution in [1.82, 2.24) is 0 Å². The second-order valence-corrected chi connectivity index (χ2v) is 0.633. The van der Waals surface area contributed by atoms with Gasteiger partial charge in [-0.1, -0.05) is 11.5 Å². The first-order valence-electron chi connectivity index (χ1n) is 1.47. The maximum Gasteiger partial charge on any atom is 0.0762 e. The molecule has 0 saturated carbocycles. The Balaban J connectivity index is 3.79. The van der Waals surface area contributed by atoms with Crippen molar-refractivity contribution in [2.75, 3.05) is 0 Å². The minimum Gasteiger partial charge on any atom is -0.263 e. The predicted octanol–water partition coefficient (Wildman–Crippen LogP) is 1.14. The third-order valence-corrected chi connectivity index (χ3v) is 0.258. The van der Waals surface area contributed by atoms with Gasteiger partial charge in [0.25, 0.3) is 0 Å². The first-order chi connectivity index (χ1) is 2.91. The smallest absolute Gasteiger partial charge is 0.0762 e. The van der Waals surface area contributed by atoms with E-state index in [1.807, 2.05) is 0 Å². The Labute approximate surface area is 37.0 Å². The highest BCUT2D eigenvalue weighted by atomic mass is 14.6. The van der Waals surface area contributed by atoms with Crippen molar-refractivity contribution in [3.8, 4) is 0 Å². The molecular formula is C5H5N. The highest BCUT2D eigenvalue weighted by Crippen LogP contribution is 1.58. The first-order valence-corrected chi connectivity index (χ1v) is 1.47. The number of aliphatic imine (C=N–C) groups is 1. The molecule has 0 unspecified atom stereocenters. The van der Waals surface area contributed by atoms with E-state index in [0.717, 1.165) is 0 Å². The quantitative estimate of drug-likeness (QED) is 0.330. The van der Waals surface area contributed by atoms with E-state index in [1.165, 1.54) is 6.20 Å². The Hall–Kier alpha value is -1.03. The van der Waals surface area contributed by atoms with E-state index < -0.39 is 0 Å². The van der Waals surface area contributed by atoms with E-state index in [2.05, 4.69) is 29.8 Å². The van der Waals surface area contributed by atoms with Crippen molar-refractivity contribution in [3.63, 3.8) is 0 Å². The molecule has 1 nitrogen and oxygen atoms in total. The molecule has 0 aromatic rings. The second kappa shape index (κ2) is 3.97. The van der Waals surface area contributed by atoms with Crippen molar-refractivity contribution in [2.24, 2.45) is 4.99 Å². The molecule has 0 heterocycles. The van der Waals surface area contributed by atoms with Gasteiger partial charge < -0.3 is 0 Å². The summed E-state index contributed by atoms with van der Waals surface area (Å²) in [5.74, 6) is 0. The fourth-order valence-corrected chi connectivity index (χ4v) is 0.0913. The average Bonchev–Trinajstić information content (AvgIpc) is 1.61. The van der Waals surface area contributed by atoms with Gasteiger partial charge in [0.05, 0.1) is 6.20 Å². The summed E-state index contributed by atoms with van der Waals surface area (Å²) in [7, 11) is 0. The predicted molar refractivity (Wildman–Crippen MR) is 26.8 cm³/mol. The van der Waals surface area contributed by atoms with Crippen molar-refractivity contribution in [3.05, 3.63) is 24.2 Å². The lowest BCUT2D eigenvalue weighted by molar-refractivity contribution is 1.64. The van der Waals surface area contributed by atoms with Crippen LogP contribution in [0.1, 0.15) is 0 Å². The molecule has 0 N–H and O–H groups in total. The van der Waals surface area contributed by atoms with E-state index in [1.54, 1.807) is 0 Å². The van der Waals surface area contributed by atoms with Gasteiger partial charge in [-0.15, -0.1) is 0 Å². The molecule has 1 heteroatoms. The van der Waals surface area contributed by atoms with Gasteiger partial charge in [0.2, 0.25) is 0 Å². The van der Waals surface area contributed by atoms with Crippen LogP contribution in [0.3, 0.4) is 0 Å². The maximum absolute atomic E-state index is 3.34. The molecule has 0 fully saturated rings. The molecule has 0 atom stereocenters. The highest BCUT2D eigenvalue weighted by molar-refractivity contribution is 5.25. The largest absolute Gasteiger partial charge is 0.263 e. The minimum absolute atomic E-state index is 1.40. The van der Waals surface area contributed by atoms with E-state index in [4.69, 9.17) is 0 Å². The second-order valence-electron chi connectivity index (χ2n) is 0.633. The monoisotopic (exact) mass is 79.0 g/mol. The molecule has 6 heavy (non-hydrogen) atoms. The Morgan fingerprint density at radius 2 is 2.33 bits per heavy atom. The van der Waals surface area contributed by atoms with Crippen molar-refractivity contribution >= 4 is 6.72 Å². The van der Waals surface area contributed by atoms with Crippen molar-refractivity contribution in [2.45, 2.75) is 0 Å². The maximum atomic E-state index is 3.34.